The largest absolute Gasteiger partial charge is 0.489 e. The van der Waals surface area contributed by atoms with Gasteiger partial charge < -0.3 is 9.72 Å². The van der Waals surface area contributed by atoms with E-state index < -0.39 is 56.0 Å². The molecule has 0 aliphatic heterocycles. The fourth-order valence-corrected chi connectivity index (χ4v) is 2.28. The molecule has 0 aliphatic carbocycles. The van der Waals surface area contributed by atoms with Crippen LogP contribution in [0.15, 0.2) is 21.7 Å². The monoisotopic (exact) mass is 383 g/mol. The highest BCUT2D eigenvalue weighted by Gasteiger charge is 2.35. The first-order valence-corrected chi connectivity index (χ1v) is 6.51. The number of nitro groups is 1. The van der Waals surface area contributed by atoms with Crippen molar-refractivity contribution >= 4 is 17.3 Å². The molecule has 25 heavy (non-hydrogen) atoms. The number of benzene rings is 1. The van der Waals surface area contributed by atoms with Gasteiger partial charge in [-0.25, -0.2) is 13.8 Å². The zero-order chi connectivity index (χ0) is 19.1. The van der Waals surface area contributed by atoms with Crippen LogP contribution in [0.5, 0.6) is 5.75 Å². The third kappa shape index (κ3) is 3.20. The average molecular weight is 384 g/mol. The number of hydrogen-bond donors (Lipinski definition) is 1. The van der Waals surface area contributed by atoms with Crippen molar-refractivity contribution in [2.24, 2.45) is 0 Å². The Morgan fingerprint density at radius 1 is 1.32 bits per heavy atom. The zero-order valence-electron chi connectivity index (χ0n) is 12.0. The molecule has 0 spiro atoms. The lowest BCUT2D eigenvalue weighted by molar-refractivity contribution is -0.385. The Morgan fingerprint density at radius 3 is 2.36 bits per heavy atom. The number of nitrogens with zero attached hydrogens (tertiary/aromatic N) is 2. The van der Waals surface area contributed by atoms with Crippen LogP contribution >= 0.6 is 11.6 Å². The van der Waals surface area contributed by atoms with Crippen LogP contribution in [0.2, 0.25) is 5.02 Å². The molecule has 0 fully saturated rings. The summed E-state index contributed by atoms with van der Waals surface area (Å²) in [6.07, 6.45) is -5.06. The second kappa shape index (κ2) is 6.20. The van der Waals surface area contributed by atoms with Crippen LogP contribution in [0, 0.1) is 15.9 Å². The van der Waals surface area contributed by atoms with E-state index in [1.165, 1.54) is 4.98 Å². The van der Waals surface area contributed by atoms with Gasteiger partial charge in [-0.15, -0.1) is 0 Å². The van der Waals surface area contributed by atoms with Crippen molar-refractivity contribution in [2.75, 3.05) is 7.11 Å². The van der Waals surface area contributed by atoms with E-state index in [1.54, 1.807) is 0 Å². The van der Waals surface area contributed by atoms with Crippen molar-refractivity contribution in [1.82, 2.24) is 9.55 Å². The van der Waals surface area contributed by atoms with Crippen molar-refractivity contribution in [1.29, 1.82) is 0 Å². The molecule has 2 rings (SSSR count). The highest BCUT2D eigenvalue weighted by Crippen LogP contribution is 2.40. The summed E-state index contributed by atoms with van der Waals surface area (Å²) in [5.41, 5.74) is -7.46. The Bertz CT molecular complexity index is 951. The van der Waals surface area contributed by atoms with Gasteiger partial charge in [-0.05, 0) is 6.07 Å². The summed E-state index contributed by atoms with van der Waals surface area (Å²) >= 11 is 5.61. The molecular formula is C12H6ClF4N3O5. The number of nitro benzene ring substituents is 1. The summed E-state index contributed by atoms with van der Waals surface area (Å²) in [6.45, 7) is 0. The third-order valence-electron chi connectivity index (χ3n) is 2.98. The van der Waals surface area contributed by atoms with Crippen LogP contribution in [0.4, 0.5) is 23.2 Å². The minimum atomic E-state index is -5.06. The molecule has 0 unspecified atom stereocenters. The van der Waals surface area contributed by atoms with Gasteiger partial charge in [-0.1, -0.05) is 11.6 Å². The molecule has 1 heterocycles. The van der Waals surface area contributed by atoms with E-state index >= 15 is 0 Å². The van der Waals surface area contributed by atoms with Crippen molar-refractivity contribution in [2.45, 2.75) is 6.18 Å². The van der Waals surface area contributed by atoms with Gasteiger partial charge in [0, 0.05) is 6.07 Å². The molecule has 0 atom stereocenters. The van der Waals surface area contributed by atoms with Gasteiger partial charge in [0.15, 0.2) is 11.5 Å². The van der Waals surface area contributed by atoms with E-state index in [0.717, 1.165) is 7.11 Å². The molecule has 134 valence electrons. The van der Waals surface area contributed by atoms with Crippen LogP contribution < -0.4 is 16.0 Å². The molecular weight excluding hydrogens is 378 g/mol. The second-order valence-electron chi connectivity index (χ2n) is 4.49. The molecule has 0 saturated carbocycles. The first-order valence-electron chi connectivity index (χ1n) is 6.13. The topological polar surface area (TPSA) is 107 Å². The molecule has 0 saturated heterocycles. The molecule has 8 nitrogen and oxygen atoms in total. The second-order valence-corrected chi connectivity index (χ2v) is 4.89. The van der Waals surface area contributed by atoms with E-state index in [4.69, 9.17) is 11.6 Å². The van der Waals surface area contributed by atoms with Crippen LogP contribution in [0.25, 0.3) is 5.69 Å². The summed E-state index contributed by atoms with van der Waals surface area (Å²) in [4.78, 5) is 35.1. The number of rotatable bonds is 3. The highest BCUT2D eigenvalue weighted by atomic mass is 35.5. The van der Waals surface area contributed by atoms with Gasteiger partial charge in [-0.2, -0.15) is 13.2 Å². The molecule has 1 aromatic carbocycles. The smallest absolute Gasteiger partial charge is 0.431 e. The number of aromatic nitrogens is 2. The fraction of sp³-hybridized carbons (Fsp3) is 0.167. The number of alkyl halides is 3. The molecule has 0 radical (unpaired) electrons. The Labute approximate surface area is 139 Å². The lowest BCUT2D eigenvalue weighted by Crippen LogP contribution is -2.36. The molecule has 0 aliphatic rings. The first-order chi connectivity index (χ1) is 11.5. The van der Waals surface area contributed by atoms with Gasteiger partial charge in [-0.3, -0.25) is 14.9 Å². The van der Waals surface area contributed by atoms with Crippen LogP contribution in [0.3, 0.4) is 0 Å². The zero-order valence-corrected chi connectivity index (χ0v) is 12.7. The molecule has 13 heteroatoms. The molecule has 2 aromatic rings. The highest BCUT2D eigenvalue weighted by molar-refractivity contribution is 6.32. The number of H-pyrrole nitrogens is 1. The number of halogens is 5. The van der Waals surface area contributed by atoms with Crippen molar-refractivity contribution in [3.8, 4) is 11.4 Å². The summed E-state index contributed by atoms with van der Waals surface area (Å²) < 4.78 is 56.5. The van der Waals surface area contributed by atoms with Crippen LogP contribution in [-0.4, -0.2) is 21.6 Å². The van der Waals surface area contributed by atoms with Gasteiger partial charge in [0.05, 0.1) is 17.1 Å². The van der Waals surface area contributed by atoms with Gasteiger partial charge >= 0.3 is 17.6 Å². The SMILES string of the molecule is COc1c(Cl)cc(F)c(-n2c(=O)cc(C(F)(F)F)[nH]c2=O)c1[N+](=O)[O-]. The Balaban J connectivity index is 2.96. The predicted molar refractivity (Wildman–Crippen MR) is 75.8 cm³/mol. The van der Waals surface area contributed by atoms with E-state index in [-0.39, 0.29) is 10.6 Å². The van der Waals surface area contributed by atoms with E-state index in [9.17, 15) is 37.3 Å². The Morgan fingerprint density at radius 2 is 1.92 bits per heavy atom. The number of aromatic amines is 1. The summed E-state index contributed by atoms with van der Waals surface area (Å²) in [7, 11) is 0.954. The maximum atomic E-state index is 14.2. The van der Waals surface area contributed by atoms with Gasteiger partial charge in [0.2, 0.25) is 5.75 Å². The van der Waals surface area contributed by atoms with Crippen molar-refractivity contribution < 1.29 is 27.2 Å². The van der Waals surface area contributed by atoms with E-state index in [1.807, 2.05) is 0 Å². The Hall–Kier alpha value is -2.89. The fourth-order valence-electron chi connectivity index (χ4n) is 2.01. The molecule has 0 amide bonds. The number of hydrogen-bond acceptors (Lipinski definition) is 5. The average Bonchev–Trinajstić information content (AvgIpc) is 2.46. The third-order valence-corrected chi connectivity index (χ3v) is 3.27. The molecule has 1 N–H and O–H groups in total. The maximum Gasteiger partial charge on any atom is 0.431 e. The standard InChI is InChI=1S/C12H6ClF4N3O5/c1-25-10-4(13)2-5(14)8(9(10)20(23)24)19-7(21)3-6(12(15,16)17)18-11(19)22/h2-3H,1H3,(H,18,22). The maximum absolute atomic E-state index is 14.2. The van der Waals surface area contributed by atoms with E-state index in [2.05, 4.69) is 4.74 Å². The minimum absolute atomic E-state index is 0.0361. The van der Waals surface area contributed by atoms with Crippen LogP contribution in [-0.2, 0) is 6.18 Å². The number of methoxy groups -OCH3 is 1. The van der Waals surface area contributed by atoms with Crippen LogP contribution in [0.1, 0.15) is 5.69 Å². The summed E-state index contributed by atoms with van der Waals surface area (Å²) in [5, 5.41) is 10.7. The van der Waals surface area contributed by atoms with Gasteiger partial charge in [0.25, 0.3) is 5.56 Å². The quantitative estimate of drug-likeness (QED) is 0.497. The lowest BCUT2D eigenvalue weighted by Gasteiger charge is -2.12. The minimum Gasteiger partial charge on any atom is -0.489 e. The van der Waals surface area contributed by atoms with E-state index in [0.29, 0.717) is 6.07 Å². The first kappa shape index (κ1) is 18.4. The molecule has 0 bridgehead atoms. The van der Waals surface area contributed by atoms with Gasteiger partial charge in [0.1, 0.15) is 5.69 Å². The Kier molecular flexibility index (Phi) is 4.57. The number of ether oxygens (including phenoxy) is 1. The normalized spacial score (nSPS) is 11.4. The molecule has 1 aromatic heterocycles. The number of nitrogens with one attached hydrogen (secondary N) is 1. The van der Waals surface area contributed by atoms with Crippen molar-refractivity contribution in [3.05, 3.63) is 59.6 Å². The predicted octanol–water partition coefficient (Wildman–Crippen LogP) is 2.25. The van der Waals surface area contributed by atoms with Crippen molar-refractivity contribution in [3.63, 3.8) is 0 Å². The lowest BCUT2D eigenvalue weighted by atomic mass is 10.2. The summed E-state index contributed by atoms with van der Waals surface area (Å²) in [6, 6.07) is 0.484. The summed E-state index contributed by atoms with van der Waals surface area (Å²) in [5.74, 6) is -2.15.